The average Bonchev–Trinajstić information content (AvgIpc) is 3.54. The molecule has 4 fully saturated rings. The molecule has 4 aromatic rings. The fourth-order valence-corrected chi connectivity index (χ4v) is 7.98. The molecule has 9 nitrogen and oxygen atoms in total. The molecule has 12 heteroatoms. The van der Waals surface area contributed by atoms with Crippen molar-refractivity contribution in [3.05, 3.63) is 35.2 Å². The summed E-state index contributed by atoms with van der Waals surface area (Å²) in [4.78, 5) is 18.0. The molecule has 3 aromatic heterocycles. The second kappa shape index (κ2) is 10.00. The number of alkyl halides is 1. The molecular formula is C32H36F3N7O2. The molecule has 6 heterocycles. The van der Waals surface area contributed by atoms with Crippen LogP contribution < -0.4 is 9.64 Å². The van der Waals surface area contributed by atoms with E-state index in [1.165, 1.54) is 0 Å². The van der Waals surface area contributed by atoms with E-state index in [2.05, 4.69) is 25.1 Å². The number of halogens is 3. The van der Waals surface area contributed by atoms with Crippen molar-refractivity contribution in [3.63, 3.8) is 0 Å². The molecule has 1 aromatic carbocycles. The van der Waals surface area contributed by atoms with E-state index in [4.69, 9.17) is 9.72 Å². The highest BCUT2D eigenvalue weighted by Gasteiger charge is 2.49. The third-order valence-electron chi connectivity index (χ3n) is 10.1. The van der Waals surface area contributed by atoms with Gasteiger partial charge in [0.15, 0.2) is 5.82 Å². The van der Waals surface area contributed by atoms with Gasteiger partial charge in [-0.2, -0.15) is 19.5 Å². The number of H-pyrrole nitrogens is 1. The Morgan fingerprint density at radius 3 is 2.77 bits per heavy atom. The molecule has 8 rings (SSSR count). The number of benzene rings is 1. The minimum atomic E-state index is -0.948. The number of aromatic amines is 1. The highest BCUT2D eigenvalue weighted by Crippen LogP contribution is 2.49. The first-order valence-electron chi connectivity index (χ1n) is 15.7. The van der Waals surface area contributed by atoms with Crippen LogP contribution in [0.15, 0.2) is 12.3 Å². The predicted molar refractivity (Wildman–Crippen MR) is 160 cm³/mol. The van der Waals surface area contributed by atoms with E-state index < -0.39 is 29.1 Å². The molecule has 44 heavy (non-hydrogen) atoms. The molecule has 3 saturated heterocycles. The van der Waals surface area contributed by atoms with Gasteiger partial charge in [0.2, 0.25) is 5.95 Å². The first-order chi connectivity index (χ1) is 21.1. The Morgan fingerprint density at radius 1 is 1.16 bits per heavy atom. The Hall–Kier alpha value is -3.51. The van der Waals surface area contributed by atoms with E-state index in [0.29, 0.717) is 54.8 Å². The summed E-state index contributed by atoms with van der Waals surface area (Å²) < 4.78 is 52.8. The van der Waals surface area contributed by atoms with Crippen molar-refractivity contribution in [2.24, 2.45) is 0 Å². The SMILES string of the molecule is Cc1cc2n[nH]c(F)c2c(-c2ncc3c(N4CCC[C@@](C)(O)C4)nc(OC[C@@]45CCCN4C[C@H](F)C5)nc3c2F)c1C1CC1. The van der Waals surface area contributed by atoms with Gasteiger partial charge >= 0.3 is 6.01 Å². The van der Waals surface area contributed by atoms with Crippen LogP contribution in [0.2, 0.25) is 0 Å². The summed E-state index contributed by atoms with van der Waals surface area (Å²) in [5, 5.41) is 18.0. The van der Waals surface area contributed by atoms with Crippen LogP contribution in [0, 0.1) is 18.7 Å². The van der Waals surface area contributed by atoms with Crippen LogP contribution in [0.4, 0.5) is 19.0 Å². The maximum Gasteiger partial charge on any atom is 0.319 e. The highest BCUT2D eigenvalue weighted by atomic mass is 19.1. The Kier molecular flexibility index (Phi) is 6.36. The lowest BCUT2D eigenvalue weighted by Gasteiger charge is -2.38. The van der Waals surface area contributed by atoms with Gasteiger partial charge in [0.05, 0.1) is 27.4 Å². The van der Waals surface area contributed by atoms with Crippen molar-refractivity contribution < 1.29 is 23.0 Å². The summed E-state index contributed by atoms with van der Waals surface area (Å²) in [6, 6.07) is 1.82. The van der Waals surface area contributed by atoms with Crippen LogP contribution in [0.3, 0.4) is 0 Å². The summed E-state index contributed by atoms with van der Waals surface area (Å²) in [6.07, 6.45) is 6.03. The van der Waals surface area contributed by atoms with Gasteiger partial charge in [-0.05, 0) is 82.0 Å². The van der Waals surface area contributed by atoms with E-state index in [-0.39, 0.29) is 35.1 Å². The van der Waals surface area contributed by atoms with Gasteiger partial charge in [-0.25, -0.2) is 8.78 Å². The lowest BCUT2D eigenvalue weighted by molar-refractivity contribution is 0.0447. The molecule has 0 radical (unpaired) electrons. The summed E-state index contributed by atoms with van der Waals surface area (Å²) in [5.74, 6) is -0.719. The van der Waals surface area contributed by atoms with E-state index in [0.717, 1.165) is 49.8 Å². The molecule has 0 bridgehead atoms. The number of nitrogens with one attached hydrogen (secondary N) is 1. The number of pyridine rings is 1. The van der Waals surface area contributed by atoms with E-state index in [1.54, 1.807) is 13.1 Å². The maximum atomic E-state index is 16.9. The summed E-state index contributed by atoms with van der Waals surface area (Å²) >= 11 is 0. The third-order valence-corrected chi connectivity index (χ3v) is 10.1. The van der Waals surface area contributed by atoms with Crippen LogP contribution in [0.1, 0.15) is 68.9 Å². The smallest absolute Gasteiger partial charge is 0.319 e. The van der Waals surface area contributed by atoms with Crippen molar-refractivity contribution in [1.82, 2.24) is 30.0 Å². The van der Waals surface area contributed by atoms with E-state index >= 15 is 8.78 Å². The van der Waals surface area contributed by atoms with Crippen molar-refractivity contribution in [3.8, 4) is 17.3 Å². The van der Waals surface area contributed by atoms with Gasteiger partial charge < -0.3 is 14.7 Å². The number of ether oxygens (including phenoxy) is 1. The maximum absolute atomic E-state index is 16.9. The molecule has 2 N–H and O–H groups in total. The van der Waals surface area contributed by atoms with Crippen LogP contribution in [0.25, 0.3) is 33.1 Å². The van der Waals surface area contributed by atoms with Crippen LogP contribution in [-0.4, -0.2) is 85.3 Å². The molecule has 3 aliphatic heterocycles. The van der Waals surface area contributed by atoms with Crippen molar-refractivity contribution in [2.45, 2.75) is 82.0 Å². The number of nitrogens with zero attached hydrogens (tertiary/aromatic N) is 6. The number of fused-ring (bicyclic) bond motifs is 3. The highest BCUT2D eigenvalue weighted by molar-refractivity contribution is 6.00. The number of anilines is 1. The third kappa shape index (κ3) is 4.51. The van der Waals surface area contributed by atoms with Crippen LogP contribution in [-0.2, 0) is 0 Å². The zero-order chi connectivity index (χ0) is 30.4. The molecule has 232 valence electrons. The minimum Gasteiger partial charge on any atom is -0.461 e. The van der Waals surface area contributed by atoms with Gasteiger partial charge in [0.25, 0.3) is 0 Å². The monoisotopic (exact) mass is 607 g/mol. The summed E-state index contributed by atoms with van der Waals surface area (Å²) in [6.45, 7) is 6.02. The number of hydrogen-bond donors (Lipinski definition) is 2. The molecule has 0 spiro atoms. The average molecular weight is 608 g/mol. The summed E-state index contributed by atoms with van der Waals surface area (Å²) in [7, 11) is 0. The topological polar surface area (TPSA) is 103 Å². The van der Waals surface area contributed by atoms with Gasteiger partial charge in [-0.15, -0.1) is 0 Å². The quantitative estimate of drug-likeness (QED) is 0.303. The minimum absolute atomic E-state index is 0.00580. The fourth-order valence-electron chi connectivity index (χ4n) is 7.98. The van der Waals surface area contributed by atoms with Gasteiger partial charge in [-0.3, -0.25) is 15.0 Å². The standard InChI is InChI=1S/C32H36F3N7O2/c1-17-11-21-23(28(35)40-39-21)24(22(17)18-5-6-18)27-25(34)26-20(13-36-27)29(41-9-3-7-31(2,43)15-41)38-30(37-26)44-16-32-8-4-10-42(32)14-19(33)12-32/h11,13,18-19,43H,3-10,12,14-16H2,1-2H3,(H,39,40)/t19-,31-,32+/m1/s1. The molecular weight excluding hydrogens is 571 g/mol. The molecule has 0 unspecified atom stereocenters. The number of hydrogen-bond acceptors (Lipinski definition) is 8. The number of aryl methyl sites for hydroxylation is 1. The molecule has 4 aliphatic rings. The molecule has 1 aliphatic carbocycles. The van der Waals surface area contributed by atoms with Gasteiger partial charge in [0, 0.05) is 37.8 Å². The number of piperidine rings is 1. The Bertz CT molecular complexity index is 1790. The normalized spacial score (nSPS) is 27.5. The number of rotatable bonds is 6. The number of β-amino-alcohol motifs (C(OH)–C–C–N with tert-alkyl or cyclic N) is 1. The molecule has 3 atom stereocenters. The summed E-state index contributed by atoms with van der Waals surface area (Å²) in [5.41, 5.74) is 1.24. The second-order valence-corrected chi connectivity index (χ2v) is 13.6. The van der Waals surface area contributed by atoms with E-state index in [9.17, 15) is 9.50 Å². The Labute approximate surface area is 252 Å². The lowest BCUT2D eigenvalue weighted by atomic mass is 9.91. The Morgan fingerprint density at radius 2 is 1.98 bits per heavy atom. The largest absolute Gasteiger partial charge is 0.461 e. The van der Waals surface area contributed by atoms with E-state index in [1.807, 2.05) is 17.9 Å². The zero-order valence-electron chi connectivity index (χ0n) is 25.0. The molecule has 1 saturated carbocycles. The number of aliphatic hydroxyl groups is 1. The first-order valence-corrected chi connectivity index (χ1v) is 15.7. The van der Waals surface area contributed by atoms with Gasteiger partial charge in [-0.1, -0.05) is 0 Å². The molecule has 0 amide bonds. The zero-order valence-corrected chi connectivity index (χ0v) is 25.0. The first kappa shape index (κ1) is 28.0. The van der Waals surface area contributed by atoms with Crippen molar-refractivity contribution >= 4 is 27.6 Å². The lowest BCUT2D eigenvalue weighted by Crippen LogP contribution is -2.46. The van der Waals surface area contributed by atoms with Crippen molar-refractivity contribution in [2.75, 3.05) is 37.7 Å². The van der Waals surface area contributed by atoms with Crippen molar-refractivity contribution in [1.29, 1.82) is 0 Å². The van der Waals surface area contributed by atoms with Crippen LogP contribution in [0.5, 0.6) is 6.01 Å². The van der Waals surface area contributed by atoms with Gasteiger partial charge in [0.1, 0.15) is 29.8 Å². The number of aromatic nitrogens is 5. The second-order valence-electron chi connectivity index (χ2n) is 13.6. The fraction of sp³-hybridized carbons (Fsp3) is 0.562. The van der Waals surface area contributed by atoms with Crippen LogP contribution >= 0.6 is 0 Å². The Balaban J connectivity index is 1.29. The predicted octanol–water partition coefficient (Wildman–Crippen LogP) is 5.34.